The third kappa shape index (κ3) is 3.21. The highest BCUT2D eigenvalue weighted by Gasteiger charge is 2.19. The topological polar surface area (TPSA) is 86.3 Å². The van der Waals surface area contributed by atoms with E-state index in [9.17, 15) is 10.1 Å². The van der Waals surface area contributed by atoms with Crippen LogP contribution in [0.25, 0.3) is 0 Å². The Morgan fingerprint density at radius 3 is 2.35 bits per heavy atom. The molecule has 0 N–H and O–H groups in total. The average Bonchev–Trinajstić information content (AvgIpc) is 2.62. The number of anilines is 2. The number of aromatic nitrogens is 1. The van der Waals surface area contributed by atoms with Gasteiger partial charge in [-0.2, -0.15) is 5.26 Å². The highest BCUT2D eigenvalue weighted by molar-refractivity contribution is 5.53. The van der Waals surface area contributed by atoms with E-state index >= 15 is 0 Å². The number of nitro benzene ring substituents is 1. The van der Waals surface area contributed by atoms with Gasteiger partial charge in [-0.25, -0.2) is 4.98 Å². The molecular weight excluding hydrogens is 294 g/mol. The zero-order valence-corrected chi connectivity index (χ0v) is 12.4. The molecule has 116 valence electrons. The van der Waals surface area contributed by atoms with Crippen molar-refractivity contribution in [3.05, 3.63) is 58.3 Å². The molecule has 1 aromatic heterocycles. The van der Waals surface area contributed by atoms with E-state index in [1.165, 1.54) is 12.1 Å². The Morgan fingerprint density at radius 2 is 1.74 bits per heavy atom. The first-order chi connectivity index (χ1) is 11.2. The van der Waals surface area contributed by atoms with Gasteiger partial charge in [-0.3, -0.25) is 10.1 Å². The number of nitro groups is 1. The number of hydrogen-bond donors (Lipinski definition) is 0. The molecule has 1 aromatic carbocycles. The van der Waals surface area contributed by atoms with Gasteiger partial charge in [-0.1, -0.05) is 0 Å². The van der Waals surface area contributed by atoms with E-state index in [0.717, 1.165) is 37.7 Å². The fourth-order valence-electron chi connectivity index (χ4n) is 2.64. The van der Waals surface area contributed by atoms with Crippen LogP contribution in [0.5, 0.6) is 0 Å². The molecule has 0 unspecified atom stereocenters. The molecule has 2 heterocycles. The van der Waals surface area contributed by atoms with Crippen LogP contribution < -0.4 is 9.80 Å². The van der Waals surface area contributed by atoms with E-state index in [1.54, 1.807) is 30.5 Å². The summed E-state index contributed by atoms with van der Waals surface area (Å²) in [5.74, 6) is 0.812. The lowest BCUT2D eigenvalue weighted by Crippen LogP contribution is -2.46. The maximum absolute atomic E-state index is 10.7. The fraction of sp³-hybridized carbons (Fsp3) is 0.250. The maximum Gasteiger partial charge on any atom is 0.269 e. The number of pyridine rings is 1. The minimum Gasteiger partial charge on any atom is -0.368 e. The standard InChI is InChI=1S/C16H15N5O2/c17-12-13-5-6-18-16(11-13)20-9-7-19(8-10-20)14-1-3-15(4-2-14)21(22)23/h1-6,11H,7-10H2. The molecule has 1 aliphatic rings. The first-order valence-electron chi connectivity index (χ1n) is 7.28. The maximum atomic E-state index is 10.7. The molecular formula is C16H15N5O2. The van der Waals surface area contributed by atoms with Crippen LogP contribution >= 0.6 is 0 Å². The summed E-state index contributed by atoms with van der Waals surface area (Å²) in [4.78, 5) is 19.0. The average molecular weight is 309 g/mol. The zero-order chi connectivity index (χ0) is 16.2. The summed E-state index contributed by atoms with van der Waals surface area (Å²) < 4.78 is 0. The number of piperazine rings is 1. The van der Waals surface area contributed by atoms with Gasteiger partial charge in [-0.05, 0) is 24.3 Å². The van der Waals surface area contributed by atoms with E-state index in [0.29, 0.717) is 5.56 Å². The van der Waals surface area contributed by atoms with Crippen molar-refractivity contribution in [2.24, 2.45) is 0 Å². The van der Waals surface area contributed by atoms with E-state index < -0.39 is 4.92 Å². The highest BCUT2D eigenvalue weighted by Crippen LogP contribution is 2.22. The van der Waals surface area contributed by atoms with Crippen LogP contribution in [0.4, 0.5) is 17.2 Å². The number of nitriles is 1. The Morgan fingerprint density at radius 1 is 1.09 bits per heavy atom. The molecule has 0 spiro atoms. The van der Waals surface area contributed by atoms with Gasteiger partial charge < -0.3 is 9.80 Å². The molecule has 0 radical (unpaired) electrons. The molecule has 0 aliphatic carbocycles. The van der Waals surface area contributed by atoms with Crippen LogP contribution in [0.1, 0.15) is 5.56 Å². The van der Waals surface area contributed by atoms with E-state index in [4.69, 9.17) is 5.26 Å². The number of hydrogen-bond acceptors (Lipinski definition) is 6. The third-order valence-corrected chi connectivity index (χ3v) is 3.90. The smallest absolute Gasteiger partial charge is 0.269 e. The quantitative estimate of drug-likeness (QED) is 0.638. The van der Waals surface area contributed by atoms with Gasteiger partial charge in [0, 0.05) is 50.2 Å². The molecule has 0 saturated carbocycles. The van der Waals surface area contributed by atoms with Crippen molar-refractivity contribution >= 4 is 17.2 Å². The molecule has 1 fully saturated rings. The van der Waals surface area contributed by atoms with Crippen molar-refractivity contribution in [3.8, 4) is 6.07 Å². The number of nitrogens with zero attached hydrogens (tertiary/aromatic N) is 5. The molecule has 1 aliphatic heterocycles. The molecule has 0 bridgehead atoms. The van der Waals surface area contributed by atoms with Crippen LogP contribution in [0.3, 0.4) is 0 Å². The Balaban J connectivity index is 1.66. The Labute approximate surface area is 133 Å². The van der Waals surface area contributed by atoms with Crippen LogP contribution in [-0.4, -0.2) is 36.1 Å². The van der Waals surface area contributed by atoms with Crippen molar-refractivity contribution in [3.63, 3.8) is 0 Å². The van der Waals surface area contributed by atoms with Crippen molar-refractivity contribution in [2.45, 2.75) is 0 Å². The molecule has 0 atom stereocenters. The van der Waals surface area contributed by atoms with Crippen LogP contribution in [0, 0.1) is 21.4 Å². The summed E-state index contributed by atoms with van der Waals surface area (Å²) in [5.41, 5.74) is 1.69. The SMILES string of the molecule is N#Cc1ccnc(N2CCN(c3ccc([N+](=O)[O-])cc3)CC2)c1. The molecule has 0 amide bonds. The van der Waals surface area contributed by atoms with Crippen molar-refractivity contribution in [2.75, 3.05) is 36.0 Å². The number of rotatable bonds is 3. The minimum atomic E-state index is -0.393. The summed E-state index contributed by atoms with van der Waals surface area (Å²) in [6, 6.07) is 12.2. The third-order valence-electron chi connectivity index (χ3n) is 3.90. The molecule has 23 heavy (non-hydrogen) atoms. The van der Waals surface area contributed by atoms with Crippen molar-refractivity contribution < 1.29 is 4.92 Å². The molecule has 3 rings (SSSR count). The van der Waals surface area contributed by atoms with Gasteiger partial charge in [0.1, 0.15) is 5.82 Å². The lowest BCUT2D eigenvalue weighted by molar-refractivity contribution is -0.384. The molecule has 1 saturated heterocycles. The number of non-ortho nitro benzene ring substituents is 1. The fourth-order valence-corrected chi connectivity index (χ4v) is 2.64. The summed E-state index contributed by atoms with van der Waals surface area (Å²) in [7, 11) is 0. The van der Waals surface area contributed by atoms with Gasteiger partial charge >= 0.3 is 0 Å². The lowest BCUT2D eigenvalue weighted by Gasteiger charge is -2.36. The van der Waals surface area contributed by atoms with E-state index in [-0.39, 0.29) is 5.69 Å². The zero-order valence-electron chi connectivity index (χ0n) is 12.4. The number of benzene rings is 1. The van der Waals surface area contributed by atoms with Gasteiger partial charge in [0.05, 0.1) is 16.6 Å². The second-order valence-electron chi connectivity index (χ2n) is 5.26. The molecule has 7 heteroatoms. The first kappa shape index (κ1) is 14.8. The summed E-state index contributed by atoms with van der Waals surface area (Å²) in [6.45, 7) is 3.18. The van der Waals surface area contributed by atoms with Crippen LogP contribution in [0.2, 0.25) is 0 Å². The first-order valence-corrected chi connectivity index (χ1v) is 7.28. The van der Waals surface area contributed by atoms with Crippen molar-refractivity contribution in [1.29, 1.82) is 5.26 Å². The van der Waals surface area contributed by atoms with Crippen molar-refractivity contribution in [1.82, 2.24) is 4.98 Å². The largest absolute Gasteiger partial charge is 0.368 e. The van der Waals surface area contributed by atoms with E-state index in [1.807, 2.05) is 0 Å². The Hall–Kier alpha value is -3.14. The Kier molecular flexibility index (Phi) is 4.06. The lowest BCUT2D eigenvalue weighted by atomic mass is 10.2. The van der Waals surface area contributed by atoms with Gasteiger partial charge in [0.2, 0.25) is 0 Å². The monoisotopic (exact) mass is 309 g/mol. The normalized spacial score (nSPS) is 14.4. The highest BCUT2D eigenvalue weighted by atomic mass is 16.6. The summed E-state index contributed by atoms with van der Waals surface area (Å²) in [5, 5.41) is 19.7. The predicted octanol–water partition coefficient (Wildman–Crippen LogP) is 2.19. The van der Waals surface area contributed by atoms with Gasteiger partial charge in [0.15, 0.2) is 0 Å². The van der Waals surface area contributed by atoms with Gasteiger partial charge in [0.25, 0.3) is 5.69 Å². The minimum absolute atomic E-state index is 0.102. The second-order valence-corrected chi connectivity index (χ2v) is 5.26. The van der Waals surface area contributed by atoms with E-state index in [2.05, 4.69) is 20.9 Å². The summed E-state index contributed by atoms with van der Waals surface area (Å²) >= 11 is 0. The summed E-state index contributed by atoms with van der Waals surface area (Å²) in [6.07, 6.45) is 1.65. The van der Waals surface area contributed by atoms with Crippen LogP contribution in [-0.2, 0) is 0 Å². The van der Waals surface area contributed by atoms with Gasteiger partial charge in [-0.15, -0.1) is 0 Å². The molecule has 2 aromatic rings. The second kappa shape index (κ2) is 6.32. The molecule has 7 nitrogen and oxygen atoms in total. The predicted molar refractivity (Wildman–Crippen MR) is 86.5 cm³/mol. The Bertz CT molecular complexity index is 746. The van der Waals surface area contributed by atoms with Crippen LogP contribution in [0.15, 0.2) is 42.6 Å².